The Morgan fingerprint density at radius 2 is 2.08 bits per heavy atom. The van der Waals surface area contributed by atoms with Crippen LogP contribution in [0.15, 0.2) is 17.1 Å². The minimum atomic E-state index is -0.288. The quantitative estimate of drug-likeness (QED) is 0.651. The molecule has 0 radical (unpaired) electrons. The van der Waals surface area contributed by atoms with Crippen molar-refractivity contribution < 1.29 is 4.74 Å². The summed E-state index contributed by atoms with van der Waals surface area (Å²) in [5.74, 6) is 0.491. The Balaban J connectivity index is 3.21. The van der Waals surface area contributed by atoms with Crippen LogP contribution in [0.5, 0.6) is 5.75 Å². The van der Waals surface area contributed by atoms with Crippen molar-refractivity contribution in [3.05, 3.63) is 22.6 Å². The Hall–Kier alpha value is -1.32. The maximum atomic E-state index is 11.5. The molecule has 1 aromatic heterocycles. The average Bonchev–Trinajstić information content (AvgIpc) is 2.01. The van der Waals surface area contributed by atoms with E-state index in [2.05, 4.69) is 5.10 Å². The van der Waals surface area contributed by atoms with Crippen LogP contribution in [0, 0.1) is 0 Å². The summed E-state index contributed by atoms with van der Waals surface area (Å²) in [7, 11) is 1.51. The van der Waals surface area contributed by atoms with Gasteiger partial charge in [0.15, 0.2) is 0 Å². The van der Waals surface area contributed by atoms with Crippen molar-refractivity contribution in [3.8, 4) is 5.75 Å². The highest BCUT2D eigenvalue weighted by atomic mass is 16.5. The smallest absolute Gasteiger partial charge is 0.270 e. The summed E-state index contributed by atoms with van der Waals surface area (Å²) < 4.78 is 6.31. The molecule has 0 atom stereocenters. The zero-order valence-corrected chi connectivity index (χ0v) is 8.37. The molecule has 72 valence electrons. The van der Waals surface area contributed by atoms with Crippen molar-refractivity contribution >= 4 is 0 Å². The van der Waals surface area contributed by atoms with E-state index in [0.29, 0.717) is 5.75 Å². The maximum absolute atomic E-state index is 11.5. The fourth-order valence-corrected chi connectivity index (χ4v) is 1.01. The summed E-state index contributed by atoms with van der Waals surface area (Å²) in [6, 6.07) is 1.43. The molecular formula is C9H14N2O2. The Labute approximate surface area is 77.1 Å². The molecule has 0 unspecified atom stereocenters. The molecule has 1 aromatic rings. The normalized spacial score (nSPS) is 11.4. The Morgan fingerprint density at radius 3 is 2.46 bits per heavy atom. The van der Waals surface area contributed by atoms with Gasteiger partial charge in [-0.25, -0.2) is 4.68 Å². The van der Waals surface area contributed by atoms with Crippen molar-refractivity contribution in [3.63, 3.8) is 0 Å². The summed E-state index contributed by atoms with van der Waals surface area (Å²) in [5.41, 5.74) is -0.435. The summed E-state index contributed by atoms with van der Waals surface area (Å²) in [4.78, 5) is 11.5. The van der Waals surface area contributed by atoms with Crippen molar-refractivity contribution in [2.75, 3.05) is 7.11 Å². The third kappa shape index (κ3) is 2.08. The molecule has 0 N–H and O–H groups in total. The van der Waals surface area contributed by atoms with E-state index in [-0.39, 0.29) is 11.1 Å². The number of aromatic nitrogens is 2. The van der Waals surface area contributed by atoms with E-state index in [1.807, 2.05) is 20.8 Å². The van der Waals surface area contributed by atoms with Crippen LogP contribution in [0.3, 0.4) is 0 Å². The Kier molecular flexibility index (Phi) is 2.40. The lowest BCUT2D eigenvalue weighted by molar-refractivity contribution is 0.329. The van der Waals surface area contributed by atoms with Gasteiger partial charge in [-0.15, -0.1) is 0 Å². The van der Waals surface area contributed by atoms with Crippen LogP contribution in [0.4, 0.5) is 0 Å². The van der Waals surface area contributed by atoms with E-state index < -0.39 is 0 Å². The number of rotatable bonds is 1. The van der Waals surface area contributed by atoms with Gasteiger partial charge in [0.1, 0.15) is 5.75 Å². The van der Waals surface area contributed by atoms with Gasteiger partial charge < -0.3 is 4.74 Å². The molecule has 0 aromatic carbocycles. The molecule has 13 heavy (non-hydrogen) atoms. The molecule has 0 saturated heterocycles. The van der Waals surface area contributed by atoms with Crippen molar-refractivity contribution in [1.29, 1.82) is 0 Å². The highest BCUT2D eigenvalue weighted by Crippen LogP contribution is 2.10. The molecule has 4 heteroatoms. The van der Waals surface area contributed by atoms with Gasteiger partial charge in [-0.1, -0.05) is 0 Å². The van der Waals surface area contributed by atoms with Gasteiger partial charge in [-0.2, -0.15) is 5.10 Å². The predicted molar refractivity (Wildman–Crippen MR) is 50.0 cm³/mol. The van der Waals surface area contributed by atoms with Crippen LogP contribution in [-0.2, 0) is 5.54 Å². The van der Waals surface area contributed by atoms with Crippen molar-refractivity contribution in [1.82, 2.24) is 9.78 Å². The van der Waals surface area contributed by atoms with Crippen LogP contribution in [0.25, 0.3) is 0 Å². The fourth-order valence-electron chi connectivity index (χ4n) is 1.01. The zero-order valence-electron chi connectivity index (χ0n) is 8.37. The third-order valence-corrected chi connectivity index (χ3v) is 1.65. The molecule has 0 aliphatic heterocycles. The van der Waals surface area contributed by atoms with E-state index in [1.54, 1.807) is 0 Å². The second kappa shape index (κ2) is 3.20. The molecule has 0 aliphatic carbocycles. The molecule has 4 nitrogen and oxygen atoms in total. The van der Waals surface area contributed by atoms with E-state index in [9.17, 15) is 4.79 Å². The maximum Gasteiger partial charge on any atom is 0.270 e. The average molecular weight is 182 g/mol. The Bertz CT molecular complexity index is 349. The summed E-state index contributed by atoms with van der Waals surface area (Å²) in [6.45, 7) is 5.77. The SMILES string of the molecule is COc1cnn(C(C)(C)C)c(=O)c1. The lowest BCUT2D eigenvalue weighted by atomic mass is 10.1. The molecule has 1 rings (SSSR count). The van der Waals surface area contributed by atoms with Crippen LogP contribution < -0.4 is 10.3 Å². The number of nitrogens with zero attached hydrogens (tertiary/aromatic N) is 2. The van der Waals surface area contributed by atoms with Crippen LogP contribution in [-0.4, -0.2) is 16.9 Å². The number of hydrogen-bond donors (Lipinski definition) is 0. The largest absolute Gasteiger partial charge is 0.495 e. The first-order valence-corrected chi connectivity index (χ1v) is 4.09. The number of ether oxygens (including phenoxy) is 1. The molecular weight excluding hydrogens is 168 g/mol. The van der Waals surface area contributed by atoms with Crippen molar-refractivity contribution in [2.24, 2.45) is 0 Å². The number of methoxy groups -OCH3 is 1. The van der Waals surface area contributed by atoms with Gasteiger partial charge in [-0.05, 0) is 20.8 Å². The summed E-state index contributed by atoms with van der Waals surface area (Å²) in [6.07, 6.45) is 1.53. The van der Waals surface area contributed by atoms with E-state index >= 15 is 0 Å². The standard InChI is InChI=1S/C9H14N2O2/c1-9(2,3)11-8(12)5-7(13-4)6-10-11/h5-6H,1-4H3. The Morgan fingerprint density at radius 1 is 1.46 bits per heavy atom. The minimum Gasteiger partial charge on any atom is -0.495 e. The van der Waals surface area contributed by atoms with Gasteiger partial charge in [-0.3, -0.25) is 4.79 Å². The predicted octanol–water partition coefficient (Wildman–Crippen LogP) is 1.01. The lowest BCUT2D eigenvalue weighted by Crippen LogP contribution is -2.35. The lowest BCUT2D eigenvalue weighted by Gasteiger charge is -2.20. The van der Waals surface area contributed by atoms with Gasteiger partial charge >= 0.3 is 0 Å². The van der Waals surface area contributed by atoms with E-state index in [4.69, 9.17) is 4.74 Å². The van der Waals surface area contributed by atoms with Gasteiger partial charge in [0.2, 0.25) is 0 Å². The molecule has 0 bridgehead atoms. The van der Waals surface area contributed by atoms with Crippen LogP contribution >= 0.6 is 0 Å². The summed E-state index contributed by atoms with van der Waals surface area (Å²) >= 11 is 0. The van der Waals surface area contributed by atoms with E-state index in [0.717, 1.165) is 0 Å². The first kappa shape index (κ1) is 9.77. The first-order chi connectivity index (χ1) is 5.95. The molecule has 0 spiro atoms. The van der Waals surface area contributed by atoms with Crippen molar-refractivity contribution in [2.45, 2.75) is 26.3 Å². The van der Waals surface area contributed by atoms with Crippen LogP contribution in [0.1, 0.15) is 20.8 Å². The van der Waals surface area contributed by atoms with Gasteiger partial charge in [0.05, 0.1) is 18.8 Å². The molecule has 0 amide bonds. The molecule has 1 heterocycles. The second-order valence-corrected chi connectivity index (χ2v) is 3.82. The second-order valence-electron chi connectivity index (χ2n) is 3.82. The molecule has 0 aliphatic rings. The highest BCUT2D eigenvalue weighted by Gasteiger charge is 2.15. The molecule has 0 fully saturated rings. The zero-order chi connectivity index (χ0) is 10.1. The topological polar surface area (TPSA) is 44.1 Å². The first-order valence-electron chi connectivity index (χ1n) is 4.09. The number of hydrogen-bond acceptors (Lipinski definition) is 3. The van der Waals surface area contributed by atoms with E-state index in [1.165, 1.54) is 24.1 Å². The van der Waals surface area contributed by atoms with Gasteiger partial charge in [0, 0.05) is 6.07 Å². The third-order valence-electron chi connectivity index (χ3n) is 1.65. The monoisotopic (exact) mass is 182 g/mol. The molecule has 0 saturated carbocycles. The van der Waals surface area contributed by atoms with Crippen LogP contribution in [0.2, 0.25) is 0 Å². The van der Waals surface area contributed by atoms with Gasteiger partial charge in [0.25, 0.3) is 5.56 Å². The highest BCUT2D eigenvalue weighted by molar-refractivity contribution is 5.13. The fraction of sp³-hybridized carbons (Fsp3) is 0.556. The summed E-state index contributed by atoms with van der Waals surface area (Å²) in [5, 5.41) is 4.00. The minimum absolute atomic E-state index is 0.146.